The molecule has 4 heteroatoms. The fourth-order valence-electron chi connectivity index (χ4n) is 5.47. The van der Waals surface area contributed by atoms with Crippen LogP contribution in [0.1, 0.15) is 55.4 Å². The summed E-state index contributed by atoms with van der Waals surface area (Å²) in [5.41, 5.74) is 0. The Labute approximate surface area is 203 Å². The van der Waals surface area contributed by atoms with E-state index in [9.17, 15) is 0 Å². The van der Waals surface area contributed by atoms with Gasteiger partial charge in [-0.25, -0.2) is 0 Å². The molecular formula is C29H43O3Si. The van der Waals surface area contributed by atoms with Crippen LogP contribution in [0.25, 0.3) is 0 Å². The van der Waals surface area contributed by atoms with Gasteiger partial charge in [0.2, 0.25) is 0 Å². The lowest BCUT2D eigenvalue weighted by Gasteiger charge is -2.49. The van der Waals surface area contributed by atoms with Gasteiger partial charge in [-0.3, -0.25) is 0 Å². The van der Waals surface area contributed by atoms with Gasteiger partial charge in [0.25, 0.3) is 8.32 Å². The Morgan fingerprint density at radius 2 is 1.36 bits per heavy atom. The van der Waals surface area contributed by atoms with E-state index in [1.807, 2.05) is 13.8 Å². The molecule has 181 valence electrons. The summed E-state index contributed by atoms with van der Waals surface area (Å²) in [6, 6.07) is 21.7. The topological polar surface area (TPSA) is 27.7 Å². The molecule has 1 heterocycles. The Hall–Kier alpha value is -1.46. The molecule has 1 radical (unpaired) electrons. The molecule has 2 aromatic carbocycles. The van der Waals surface area contributed by atoms with Gasteiger partial charge in [0, 0.05) is 18.4 Å². The van der Waals surface area contributed by atoms with Gasteiger partial charge in [-0.1, -0.05) is 102 Å². The quantitative estimate of drug-likeness (QED) is 0.480. The maximum atomic E-state index is 7.20. The second kappa shape index (κ2) is 10.0. The first-order chi connectivity index (χ1) is 15.4. The zero-order chi connectivity index (χ0) is 24.4. The molecule has 0 aliphatic carbocycles. The molecule has 2 aromatic rings. The third-order valence-electron chi connectivity index (χ3n) is 6.98. The SMILES string of the molecule is [CH2][C@H](C)[C@@H]1OC(C)(C)O[C@H]([C@H](C)CO[Si](c2ccccc2)(c2ccccc2)C(C)(C)C)[C@@H]1C. The molecule has 0 bridgehead atoms. The highest BCUT2D eigenvalue weighted by Gasteiger charge is 2.51. The molecule has 33 heavy (non-hydrogen) atoms. The third kappa shape index (κ3) is 5.45. The maximum Gasteiger partial charge on any atom is 0.261 e. The van der Waals surface area contributed by atoms with Crippen LogP contribution in [0.5, 0.6) is 0 Å². The molecule has 0 unspecified atom stereocenters. The summed E-state index contributed by atoms with van der Waals surface area (Å²) in [6.45, 7) is 22.5. The van der Waals surface area contributed by atoms with Crippen molar-refractivity contribution in [3.05, 3.63) is 67.6 Å². The van der Waals surface area contributed by atoms with Gasteiger partial charge in [0.15, 0.2) is 5.79 Å². The van der Waals surface area contributed by atoms with Crippen molar-refractivity contribution in [3.8, 4) is 0 Å². The van der Waals surface area contributed by atoms with Crippen molar-refractivity contribution in [1.82, 2.24) is 0 Å². The van der Waals surface area contributed by atoms with Crippen molar-refractivity contribution < 1.29 is 13.9 Å². The van der Waals surface area contributed by atoms with Gasteiger partial charge in [0.05, 0.1) is 12.2 Å². The van der Waals surface area contributed by atoms with Crippen LogP contribution in [-0.2, 0) is 13.9 Å². The van der Waals surface area contributed by atoms with Gasteiger partial charge in [0.1, 0.15) is 0 Å². The van der Waals surface area contributed by atoms with E-state index in [0.717, 1.165) is 0 Å². The smallest absolute Gasteiger partial charge is 0.261 e. The van der Waals surface area contributed by atoms with Crippen LogP contribution in [-0.4, -0.2) is 32.9 Å². The molecule has 0 saturated carbocycles. The van der Waals surface area contributed by atoms with Gasteiger partial charge in [-0.2, -0.15) is 0 Å². The fraction of sp³-hybridized carbons (Fsp3) is 0.552. The molecular weight excluding hydrogens is 424 g/mol. The average Bonchev–Trinajstić information content (AvgIpc) is 2.75. The molecule has 3 rings (SSSR count). The highest BCUT2D eigenvalue weighted by molar-refractivity contribution is 6.99. The van der Waals surface area contributed by atoms with Crippen LogP contribution < -0.4 is 10.4 Å². The van der Waals surface area contributed by atoms with E-state index in [-0.39, 0.29) is 35.0 Å². The summed E-state index contributed by atoms with van der Waals surface area (Å²) in [6.07, 6.45) is 0.107. The van der Waals surface area contributed by atoms with Crippen LogP contribution in [0.3, 0.4) is 0 Å². The predicted octanol–water partition coefficient (Wildman–Crippen LogP) is 5.83. The van der Waals surface area contributed by atoms with E-state index in [2.05, 4.69) is 109 Å². The Balaban J connectivity index is 1.96. The van der Waals surface area contributed by atoms with Crippen molar-refractivity contribution in [2.24, 2.45) is 17.8 Å². The maximum absolute atomic E-state index is 7.20. The lowest BCUT2D eigenvalue weighted by Crippen LogP contribution is -2.67. The van der Waals surface area contributed by atoms with Gasteiger partial charge in [-0.05, 0) is 42.1 Å². The lowest BCUT2D eigenvalue weighted by molar-refractivity contribution is -0.333. The van der Waals surface area contributed by atoms with E-state index in [0.29, 0.717) is 6.61 Å². The predicted molar refractivity (Wildman–Crippen MR) is 140 cm³/mol. The van der Waals surface area contributed by atoms with Gasteiger partial charge in [-0.15, -0.1) is 0 Å². The molecule has 0 amide bonds. The average molecular weight is 468 g/mol. The number of rotatable bonds is 7. The molecule has 1 saturated heterocycles. The van der Waals surface area contributed by atoms with E-state index in [1.54, 1.807) is 0 Å². The number of benzene rings is 2. The number of hydrogen-bond acceptors (Lipinski definition) is 3. The highest BCUT2D eigenvalue weighted by Crippen LogP contribution is 2.40. The van der Waals surface area contributed by atoms with E-state index in [4.69, 9.17) is 13.9 Å². The van der Waals surface area contributed by atoms with Crippen LogP contribution >= 0.6 is 0 Å². The molecule has 5 atom stereocenters. The zero-order valence-electron chi connectivity index (χ0n) is 21.8. The third-order valence-corrected chi connectivity index (χ3v) is 12.0. The van der Waals surface area contributed by atoms with Crippen molar-refractivity contribution in [2.75, 3.05) is 6.61 Å². The Bertz CT molecular complexity index is 833. The Morgan fingerprint density at radius 3 is 1.79 bits per heavy atom. The van der Waals surface area contributed by atoms with Crippen LogP contribution in [0.2, 0.25) is 5.04 Å². The second-order valence-corrected chi connectivity index (χ2v) is 15.7. The Morgan fingerprint density at radius 1 is 0.909 bits per heavy atom. The van der Waals surface area contributed by atoms with Gasteiger partial charge < -0.3 is 13.9 Å². The summed E-state index contributed by atoms with van der Waals surface area (Å²) in [4.78, 5) is 0. The van der Waals surface area contributed by atoms with Crippen molar-refractivity contribution in [2.45, 2.75) is 78.4 Å². The van der Waals surface area contributed by atoms with Crippen LogP contribution in [0.15, 0.2) is 60.7 Å². The summed E-state index contributed by atoms with van der Waals surface area (Å²) >= 11 is 0. The van der Waals surface area contributed by atoms with E-state index < -0.39 is 14.1 Å². The number of ether oxygens (including phenoxy) is 2. The summed E-state index contributed by atoms with van der Waals surface area (Å²) in [5.74, 6) is 0.0178. The molecule has 1 aliphatic rings. The minimum atomic E-state index is -2.57. The molecule has 1 fully saturated rings. The first kappa shape index (κ1) is 26.1. The first-order valence-electron chi connectivity index (χ1n) is 12.3. The van der Waals surface area contributed by atoms with Crippen molar-refractivity contribution in [1.29, 1.82) is 0 Å². The minimum absolute atomic E-state index is 0.0404. The van der Waals surface area contributed by atoms with Crippen molar-refractivity contribution >= 4 is 18.7 Å². The largest absolute Gasteiger partial charge is 0.407 e. The normalized spacial score (nSPS) is 24.6. The standard InChI is InChI=1S/C29H43O3Si/c1-21(2)26-23(4)27(32-29(8,9)31-26)22(3)20-30-33(28(5,6)7,24-16-12-10-13-17-24)25-18-14-11-15-19-25/h10-19,21-23,26-27H,1,20H2,2-9H3/t21-,22-,23-,26+,27-/m1/s1. The minimum Gasteiger partial charge on any atom is -0.407 e. The lowest BCUT2D eigenvalue weighted by atomic mass is 9.83. The molecule has 3 nitrogen and oxygen atoms in total. The number of hydrogen-bond donors (Lipinski definition) is 0. The summed E-state index contributed by atoms with van der Waals surface area (Å²) < 4.78 is 19.9. The molecule has 0 N–H and O–H groups in total. The van der Waals surface area contributed by atoms with Crippen LogP contribution in [0.4, 0.5) is 0 Å². The molecule has 0 spiro atoms. The monoisotopic (exact) mass is 467 g/mol. The van der Waals surface area contributed by atoms with Gasteiger partial charge >= 0.3 is 0 Å². The van der Waals surface area contributed by atoms with Crippen LogP contribution in [0, 0.1) is 24.7 Å². The van der Waals surface area contributed by atoms with E-state index in [1.165, 1.54) is 10.4 Å². The van der Waals surface area contributed by atoms with E-state index >= 15 is 0 Å². The molecule has 0 aromatic heterocycles. The zero-order valence-corrected chi connectivity index (χ0v) is 22.8. The highest BCUT2D eigenvalue weighted by atomic mass is 28.4. The summed E-state index contributed by atoms with van der Waals surface area (Å²) in [5, 5.41) is 2.57. The Kier molecular flexibility index (Phi) is 7.95. The first-order valence-corrected chi connectivity index (χ1v) is 14.2. The second-order valence-electron chi connectivity index (χ2n) is 11.4. The fourth-order valence-corrected chi connectivity index (χ4v) is 10.1. The summed E-state index contributed by atoms with van der Waals surface area (Å²) in [7, 11) is -2.57. The van der Waals surface area contributed by atoms with Crippen molar-refractivity contribution in [3.63, 3.8) is 0 Å². The molecule has 1 aliphatic heterocycles.